The molecule has 0 radical (unpaired) electrons. The molecule has 0 atom stereocenters. The van der Waals surface area contributed by atoms with Crippen LogP contribution in [0, 0.1) is 39.5 Å². The van der Waals surface area contributed by atoms with Crippen molar-refractivity contribution in [3.63, 3.8) is 0 Å². The number of hydrogen-bond acceptors (Lipinski definition) is 3. The smallest absolute Gasteiger partial charge is 0.158 e. The summed E-state index contributed by atoms with van der Waals surface area (Å²) in [6.07, 6.45) is 19.3. The van der Waals surface area contributed by atoms with Crippen LogP contribution in [0.1, 0.15) is 58.9 Å². The fourth-order valence-electron chi connectivity index (χ4n) is 3.04. The first-order valence-electron chi connectivity index (χ1n) is 11.6. The standard InChI is InChI=1S/C14H17N5.C8H10.C3H6.C2H6.C2H2.CH4/c1-10(2)8-18-9-12(6-17-18)13-7-16-14-11(3)15-4-5-19(13)14;1-7-4-3-5-8(2)6-7;1-3-2;2*1-2;/h4-7,9-10H,8H2,1-3H3;3-6H,1-2H3;3H,1H2,2H3;1-2H3;1-2H;1H4. The predicted molar refractivity (Wildman–Crippen MR) is 154 cm³/mol. The molecule has 5 nitrogen and oxygen atoms in total. The SMILES string of the molecule is C.C#C.C=CC.CC.Cc1cccc(C)c1.Cc1nccn2c(-c3cnn(CC(C)C)c3)cnc12. The van der Waals surface area contributed by atoms with Gasteiger partial charge in [0, 0.05) is 30.7 Å². The minimum absolute atomic E-state index is 0. The molecule has 0 spiro atoms. The molecule has 3 heterocycles. The van der Waals surface area contributed by atoms with E-state index >= 15 is 0 Å². The lowest BCUT2D eigenvalue weighted by atomic mass is 10.2. The zero-order valence-corrected chi connectivity index (χ0v) is 22.2. The molecule has 4 rings (SSSR count). The van der Waals surface area contributed by atoms with Crippen LogP contribution in [-0.2, 0) is 6.54 Å². The molecular weight excluding hydrogens is 430 g/mol. The molecule has 0 bridgehead atoms. The van der Waals surface area contributed by atoms with E-state index < -0.39 is 0 Å². The number of benzene rings is 1. The van der Waals surface area contributed by atoms with E-state index in [9.17, 15) is 0 Å². The van der Waals surface area contributed by atoms with Gasteiger partial charge in [-0.15, -0.1) is 19.4 Å². The summed E-state index contributed by atoms with van der Waals surface area (Å²) < 4.78 is 4.03. The number of rotatable bonds is 3. The van der Waals surface area contributed by atoms with Crippen LogP contribution in [0.4, 0.5) is 0 Å². The number of nitrogens with zero attached hydrogens (tertiary/aromatic N) is 5. The van der Waals surface area contributed by atoms with Crippen molar-refractivity contribution in [3.8, 4) is 24.1 Å². The molecule has 0 N–H and O–H groups in total. The van der Waals surface area contributed by atoms with Crippen LogP contribution < -0.4 is 0 Å². The fraction of sp³-hybridized carbons (Fsp3) is 0.367. The molecule has 190 valence electrons. The lowest BCUT2D eigenvalue weighted by Crippen LogP contribution is -2.04. The van der Waals surface area contributed by atoms with Gasteiger partial charge < -0.3 is 0 Å². The second-order valence-electron chi connectivity index (χ2n) is 7.76. The highest BCUT2D eigenvalue weighted by molar-refractivity contribution is 5.63. The average Bonchev–Trinajstić information content (AvgIpc) is 3.45. The number of aryl methyl sites for hydroxylation is 3. The summed E-state index contributed by atoms with van der Waals surface area (Å²) in [7, 11) is 0. The summed E-state index contributed by atoms with van der Waals surface area (Å²) in [5.41, 5.74) is 6.64. The van der Waals surface area contributed by atoms with Crippen LogP contribution in [0.5, 0.6) is 0 Å². The Morgan fingerprint density at radius 1 is 1.03 bits per heavy atom. The van der Waals surface area contributed by atoms with Gasteiger partial charge >= 0.3 is 0 Å². The summed E-state index contributed by atoms with van der Waals surface area (Å²) in [4.78, 5) is 8.68. The van der Waals surface area contributed by atoms with Crippen molar-refractivity contribution in [2.24, 2.45) is 5.92 Å². The van der Waals surface area contributed by atoms with E-state index in [1.165, 1.54) is 11.1 Å². The molecule has 0 unspecified atom stereocenters. The molecule has 4 aromatic rings. The molecule has 0 aliphatic rings. The van der Waals surface area contributed by atoms with Crippen LogP contribution in [0.3, 0.4) is 0 Å². The van der Waals surface area contributed by atoms with Gasteiger partial charge in [-0.1, -0.05) is 76.6 Å². The number of fused-ring (bicyclic) bond motifs is 1. The maximum absolute atomic E-state index is 4.43. The topological polar surface area (TPSA) is 48.0 Å². The van der Waals surface area contributed by atoms with Crippen molar-refractivity contribution in [2.45, 2.75) is 69.4 Å². The number of allylic oxidation sites excluding steroid dienone is 1. The van der Waals surface area contributed by atoms with E-state index in [0.29, 0.717) is 5.92 Å². The average molecular weight is 476 g/mol. The van der Waals surface area contributed by atoms with Crippen LogP contribution in [0.2, 0.25) is 0 Å². The Morgan fingerprint density at radius 2 is 1.60 bits per heavy atom. The molecule has 5 heteroatoms. The first kappa shape index (κ1) is 33.5. The van der Waals surface area contributed by atoms with Gasteiger partial charge in [0.1, 0.15) is 0 Å². The van der Waals surface area contributed by atoms with E-state index in [0.717, 1.165) is 29.1 Å². The Hall–Kier alpha value is -3.65. The van der Waals surface area contributed by atoms with E-state index in [4.69, 9.17) is 0 Å². The highest BCUT2D eigenvalue weighted by Crippen LogP contribution is 2.21. The molecular formula is C30H45N5. The summed E-state index contributed by atoms with van der Waals surface area (Å²) in [6.45, 7) is 20.7. The van der Waals surface area contributed by atoms with Crippen molar-refractivity contribution in [2.75, 3.05) is 0 Å². The molecule has 0 aliphatic heterocycles. The third-order valence-corrected chi connectivity index (χ3v) is 4.26. The van der Waals surface area contributed by atoms with Crippen LogP contribution >= 0.6 is 0 Å². The van der Waals surface area contributed by atoms with E-state index in [2.05, 4.69) is 97.1 Å². The minimum atomic E-state index is 0. The van der Waals surface area contributed by atoms with Gasteiger partial charge in [-0.25, -0.2) is 4.98 Å². The number of hydrogen-bond donors (Lipinski definition) is 0. The normalized spacial score (nSPS) is 9.00. The number of imidazole rings is 1. The monoisotopic (exact) mass is 475 g/mol. The largest absolute Gasteiger partial charge is 0.297 e. The number of aromatic nitrogens is 5. The predicted octanol–water partition coefficient (Wildman–Crippen LogP) is 7.96. The minimum Gasteiger partial charge on any atom is -0.297 e. The Bertz CT molecular complexity index is 1100. The molecule has 0 amide bonds. The number of terminal acetylenes is 1. The lowest BCUT2D eigenvalue weighted by Gasteiger charge is -2.03. The highest BCUT2D eigenvalue weighted by Gasteiger charge is 2.10. The lowest BCUT2D eigenvalue weighted by molar-refractivity contribution is 0.483. The Balaban J connectivity index is 0. The molecule has 0 aliphatic carbocycles. The molecule has 0 saturated carbocycles. The first-order valence-corrected chi connectivity index (χ1v) is 11.6. The molecule has 35 heavy (non-hydrogen) atoms. The van der Waals surface area contributed by atoms with Crippen molar-refractivity contribution in [1.82, 2.24) is 24.1 Å². The highest BCUT2D eigenvalue weighted by atomic mass is 15.3. The van der Waals surface area contributed by atoms with Crippen molar-refractivity contribution >= 4 is 5.65 Å². The van der Waals surface area contributed by atoms with Gasteiger partial charge in [0.05, 0.1) is 23.8 Å². The van der Waals surface area contributed by atoms with Crippen LogP contribution in [0.25, 0.3) is 16.9 Å². The van der Waals surface area contributed by atoms with Gasteiger partial charge in [0.15, 0.2) is 5.65 Å². The Labute approximate surface area is 214 Å². The zero-order chi connectivity index (χ0) is 26.1. The zero-order valence-electron chi connectivity index (χ0n) is 22.2. The van der Waals surface area contributed by atoms with E-state index in [1.807, 2.05) is 51.0 Å². The molecule has 0 fully saturated rings. The van der Waals surface area contributed by atoms with Crippen LogP contribution in [0.15, 0.2) is 67.9 Å². The third-order valence-electron chi connectivity index (χ3n) is 4.26. The van der Waals surface area contributed by atoms with Gasteiger partial charge in [0.2, 0.25) is 0 Å². The summed E-state index contributed by atoms with van der Waals surface area (Å²) in [5.74, 6) is 0.585. The summed E-state index contributed by atoms with van der Waals surface area (Å²) >= 11 is 0. The van der Waals surface area contributed by atoms with Gasteiger partial charge in [-0.3, -0.25) is 14.1 Å². The third kappa shape index (κ3) is 11.4. The van der Waals surface area contributed by atoms with Gasteiger partial charge in [0.25, 0.3) is 0 Å². The quantitative estimate of drug-likeness (QED) is 0.223. The maximum Gasteiger partial charge on any atom is 0.158 e. The van der Waals surface area contributed by atoms with Crippen LogP contribution in [-0.4, -0.2) is 24.1 Å². The van der Waals surface area contributed by atoms with Crippen molar-refractivity contribution in [1.29, 1.82) is 0 Å². The molecule has 3 aromatic heterocycles. The summed E-state index contributed by atoms with van der Waals surface area (Å²) in [5, 5.41) is 4.40. The maximum atomic E-state index is 4.43. The first-order chi connectivity index (χ1) is 16.3. The van der Waals surface area contributed by atoms with Gasteiger partial charge in [-0.05, 0) is 33.6 Å². The fourth-order valence-corrected chi connectivity index (χ4v) is 3.04. The Kier molecular flexibility index (Phi) is 17.9. The molecule has 1 aromatic carbocycles. The van der Waals surface area contributed by atoms with Crippen molar-refractivity contribution < 1.29 is 0 Å². The van der Waals surface area contributed by atoms with Gasteiger partial charge in [-0.2, -0.15) is 5.10 Å². The van der Waals surface area contributed by atoms with Crippen molar-refractivity contribution in [3.05, 3.63) is 84.7 Å². The molecule has 0 saturated heterocycles. The summed E-state index contributed by atoms with van der Waals surface area (Å²) in [6, 6.07) is 8.45. The Morgan fingerprint density at radius 3 is 2.09 bits per heavy atom. The van der Waals surface area contributed by atoms with E-state index in [-0.39, 0.29) is 7.43 Å². The second kappa shape index (κ2) is 18.7. The van der Waals surface area contributed by atoms with E-state index in [1.54, 1.807) is 12.3 Å². The second-order valence-corrected chi connectivity index (χ2v) is 7.76.